The van der Waals surface area contributed by atoms with Crippen LogP contribution in [0.4, 0.5) is 5.69 Å². The molecule has 1 aromatic carbocycles. The smallest absolute Gasteiger partial charge is 0.245 e. The van der Waals surface area contributed by atoms with Gasteiger partial charge in [-0.15, -0.1) is 0 Å². The van der Waals surface area contributed by atoms with Crippen molar-refractivity contribution in [3.63, 3.8) is 0 Å². The Bertz CT molecular complexity index is 1260. The maximum Gasteiger partial charge on any atom is 0.245 e. The third-order valence-corrected chi connectivity index (χ3v) is 10.1. The van der Waals surface area contributed by atoms with Crippen molar-refractivity contribution in [3.8, 4) is 6.07 Å². The Morgan fingerprint density at radius 2 is 2.00 bits per heavy atom. The van der Waals surface area contributed by atoms with Crippen LogP contribution in [0, 0.1) is 23.2 Å². The number of carbonyl (C=O) groups excluding carboxylic acids is 1. The number of Topliss-reactive ketones (excluding diaryl/α,β-unsaturated/α-hetero) is 1. The number of methoxy groups -OCH3 is 1. The lowest BCUT2D eigenvalue weighted by atomic mass is 9.70. The van der Waals surface area contributed by atoms with Gasteiger partial charge in [-0.2, -0.15) is 9.57 Å². The van der Waals surface area contributed by atoms with Crippen LogP contribution >= 0.6 is 15.9 Å². The average molecular weight is 592 g/mol. The Hall–Kier alpha value is -2.06. The zero-order valence-corrected chi connectivity index (χ0v) is 24.1. The third kappa shape index (κ3) is 5.56. The topological polar surface area (TPSA) is 112 Å². The molecule has 1 aromatic rings. The molecule has 1 aliphatic carbocycles. The first-order valence-electron chi connectivity index (χ1n) is 13.0. The number of ketones is 1. The lowest BCUT2D eigenvalue weighted by Crippen LogP contribution is -2.33. The highest BCUT2D eigenvalue weighted by Gasteiger charge is 2.42. The molecule has 0 amide bonds. The predicted molar refractivity (Wildman–Crippen MR) is 147 cm³/mol. The number of nitrogens with zero attached hydrogens (tertiary/aromatic N) is 3. The molecule has 8 nitrogen and oxygen atoms in total. The number of nitriles is 1. The number of sulfonamides is 1. The fourth-order valence-corrected chi connectivity index (χ4v) is 8.27. The normalized spacial score (nSPS) is 24.6. The molecule has 0 bridgehead atoms. The number of nitrogens with one attached hydrogen (secondary N) is 1. The lowest BCUT2D eigenvalue weighted by molar-refractivity contribution is -0.117. The van der Waals surface area contributed by atoms with Gasteiger partial charge in [-0.25, -0.2) is 8.42 Å². The molecule has 4 rings (SSSR count). The molecule has 0 spiro atoms. The summed E-state index contributed by atoms with van der Waals surface area (Å²) in [6, 6.07) is 5.87. The molecular weight excluding hydrogens is 556 g/mol. The van der Waals surface area contributed by atoms with E-state index in [1.807, 2.05) is 13.0 Å². The van der Waals surface area contributed by atoms with Crippen molar-refractivity contribution < 1.29 is 17.9 Å². The lowest BCUT2D eigenvalue weighted by Gasteiger charge is -2.35. The number of hydrogen-bond donors (Lipinski definition) is 1. The van der Waals surface area contributed by atoms with Gasteiger partial charge in [-0.3, -0.25) is 9.79 Å². The van der Waals surface area contributed by atoms with Gasteiger partial charge < -0.3 is 10.1 Å². The van der Waals surface area contributed by atoms with Gasteiger partial charge in [-0.05, 0) is 72.2 Å². The van der Waals surface area contributed by atoms with Crippen LogP contribution < -0.4 is 5.32 Å². The second kappa shape index (κ2) is 11.8. The summed E-state index contributed by atoms with van der Waals surface area (Å²) in [5.74, 6) is -0.947. The van der Waals surface area contributed by atoms with Crippen LogP contribution in [-0.4, -0.2) is 57.6 Å². The van der Waals surface area contributed by atoms with E-state index < -0.39 is 21.9 Å². The Kier molecular flexibility index (Phi) is 8.89. The van der Waals surface area contributed by atoms with E-state index in [1.165, 1.54) is 4.31 Å². The fraction of sp³-hybridized carbons (Fsp3) is 0.593. The molecule has 37 heavy (non-hydrogen) atoms. The van der Waals surface area contributed by atoms with Crippen LogP contribution in [0.15, 0.2) is 37.8 Å². The SMILES string of the molecule is CCCC1CC(=O)C2=C(C1)N=C(C)C(C#N)C2c1cc(Br)c(NCCOC)c(S(=O)(=O)N2CCCC2)c1. The molecule has 1 fully saturated rings. The van der Waals surface area contributed by atoms with Gasteiger partial charge >= 0.3 is 0 Å². The quantitative estimate of drug-likeness (QED) is 0.404. The van der Waals surface area contributed by atoms with Crippen LogP contribution in [0.3, 0.4) is 0 Å². The van der Waals surface area contributed by atoms with E-state index in [2.05, 4.69) is 34.2 Å². The highest BCUT2D eigenvalue weighted by molar-refractivity contribution is 9.10. The summed E-state index contributed by atoms with van der Waals surface area (Å²) in [5.41, 5.74) is 3.10. The summed E-state index contributed by atoms with van der Waals surface area (Å²) < 4.78 is 34.9. The van der Waals surface area contributed by atoms with E-state index >= 15 is 0 Å². The molecule has 1 saturated heterocycles. The Labute approximate surface area is 228 Å². The largest absolute Gasteiger partial charge is 0.383 e. The first-order chi connectivity index (χ1) is 17.7. The van der Waals surface area contributed by atoms with E-state index in [0.717, 1.165) is 31.4 Å². The summed E-state index contributed by atoms with van der Waals surface area (Å²) in [4.78, 5) is 18.4. The minimum absolute atomic E-state index is 0.0172. The number of halogens is 1. The van der Waals surface area contributed by atoms with Gasteiger partial charge in [0.25, 0.3) is 0 Å². The van der Waals surface area contributed by atoms with Gasteiger partial charge in [0.1, 0.15) is 4.90 Å². The molecule has 2 heterocycles. The second-order valence-electron chi connectivity index (χ2n) is 10.1. The maximum atomic E-state index is 13.8. The Balaban J connectivity index is 1.87. The van der Waals surface area contributed by atoms with Gasteiger partial charge in [0.15, 0.2) is 5.78 Å². The Morgan fingerprint density at radius 3 is 2.65 bits per heavy atom. The molecule has 3 atom stereocenters. The monoisotopic (exact) mass is 590 g/mol. The summed E-state index contributed by atoms with van der Waals surface area (Å²) in [6.45, 7) is 5.74. The standard InChI is InChI=1S/C27H35BrN4O4S/c1-4-7-18-12-22-26(23(33)13-18)25(20(16-29)17(2)31-22)19-14-21(28)27(30-8-11-36-3)24(15-19)37(34,35)32-9-5-6-10-32/h14-15,18,20,25,30H,4-13H2,1-3H3. The summed E-state index contributed by atoms with van der Waals surface area (Å²) in [6.07, 6.45) is 4.74. The molecule has 2 aliphatic heterocycles. The number of carbonyl (C=O) groups is 1. The molecule has 0 saturated carbocycles. The number of rotatable bonds is 9. The van der Waals surface area contributed by atoms with Crippen molar-refractivity contribution in [2.45, 2.75) is 63.2 Å². The number of benzene rings is 1. The van der Waals surface area contributed by atoms with Crippen LogP contribution in [-0.2, 0) is 19.6 Å². The molecule has 3 aliphatic rings. The molecule has 10 heteroatoms. The average Bonchev–Trinajstić information content (AvgIpc) is 3.40. The van der Waals surface area contributed by atoms with E-state index in [1.54, 1.807) is 13.2 Å². The molecular formula is C27H35BrN4O4S. The van der Waals surface area contributed by atoms with Crippen LogP contribution in [0.5, 0.6) is 0 Å². The minimum Gasteiger partial charge on any atom is -0.383 e. The summed E-state index contributed by atoms with van der Waals surface area (Å²) in [5, 5.41) is 13.4. The van der Waals surface area contributed by atoms with Gasteiger partial charge in [0.2, 0.25) is 10.0 Å². The zero-order valence-electron chi connectivity index (χ0n) is 21.7. The van der Waals surface area contributed by atoms with E-state index in [0.29, 0.717) is 66.1 Å². The second-order valence-corrected chi connectivity index (χ2v) is 12.9. The highest BCUT2D eigenvalue weighted by atomic mass is 79.9. The molecule has 0 aromatic heterocycles. The molecule has 3 unspecified atom stereocenters. The highest BCUT2D eigenvalue weighted by Crippen LogP contribution is 2.47. The number of anilines is 1. The van der Waals surface area contributed by atoms with Crippen molar-refractivity contribution >= 4 is 43.1 Å². The van der Waals surface area contributed by atoms with Crippen molar-refractivity contribution in [2.24, 2.45) is 16.8 Å². The van der Waals surface area contributed by atoms with E-state index in [9.17, 15) is 18.5 Å². The van der Waals surface area contributed by atoms with Gasteiger partial charge in [0.05, 0.1) is 24.3 Å². The maximum absolute atomic E-state index is 13.8. The van der Waals surface area contributed by atoms with E-state index in [4.69, 9.17) is 9.73 Å². The number of aliphatic imine (C=N–C) groups is 1. The number of allylic oxidation sites excluding steroid dienone is 2. The number of ether oxygens (including phenoxy) is 1. The van der Waals surface area contributed by atoms with Crippen LogP contribution in [0.25, 0.3) is 0 Å². The van der Waals surface area contributed by atoms with Gasteiger partial charge in [0, 0.05) is 60.5 Å². The summed E-state index contributed by atoms with van der Waals surface area (Å²) >= 11 is 3.61. The molecule has 0 radical (unpaired) electrons. The zero-order chi connectivity index (χ0) is 26.7. The first kappa shape index (κ1) is 28.0. The minimum atomic E-state index is -3.80. The number of hydrogen-bond acceptors (Lipinski definition) is 7. The van der Waals surface area contributed by atoms with Crippen molar-refractivity contribution in [1.82, 2.24) is 4.31 Å². The molecule has 1 N–H and O–H groups in total. The first-order valence-corrected chi connectivity index (χ1v) is 15.2. The van der Waals surface area contributed by atoms with E-state index in [-0.39, 0.29) is 16.6 Å². The Morgan fingerprint density at radius 1 is 1.27 bits per heavy atom. The van der Waals surface area contributed by atoms with Gasteiger partial charge in [-0.1, -0.05) is 13.3 Å². The third-order valence-electron chi connectivity index (χ3n) is 7.54. The summed E-state index contributed by atoms with van der Waals surface area (Å²) in [7, 11) is -2.21. The van der Waals surface area contributed by atoms with Crippen LogP contribution in [0.2, 0.25) is 0 Å². The molecule has 200 valence electrons. The van der Waals surface area contributed by atoms with Crippen molar-refractivity contribution in [2.75, 3.05) is 38.7 Å². The van der Waals surface area contributed by atoms with Crippen molar-refractivity contribution in [1.29, 1.82) is 5.26 Å². The van der Waals surface area contributed by atoms with Crippen LogP contribution in [0.1, 0.15) is 63.9 Å². The predicted octanol–water partition coefficient (Wildman–Crippen LogP) is 5.02. The van der Waals surface area contributed by atoms with Crippen molar-refractivity contribution in [3.05, 3.63) is 33.4 Å². The fourth-order valence-electron chi connectivity index (χ4n) is 5.78.